The lowest BCUT2D eigenvalue weighted by molar-refractivity contribution is 0.0697. The number of aromatic carboxylic acids is 1. The number of carbonyl (C=O) groups is 2. The van der Waals surface area contributed by atoms with Crippen LogP contribution in [0.5, 0.6) is 0 Å². The number of benzene rings is 2. The molecule has 2 aromatic rings. The molecule has 2 amide bonds. The van der Waals surface area contributed by atoms with Crippen LogP contribution in [0.1, 0.15) is 10.4 Å². The molecule has 0 saturated carbocycles. The quantitative estimate of drug-likeness (QED) is 0.748. The van der Waals surface area contributed by atoms with Gasteiger partial charge in [0.1, 0.15) is 0 Å². The van der Waals surface area contributed by atoms with Gasteiger partial charge in [0.2, 0.25) is 0 Å². The number of anilines is 2. The van der Waals surface area contributed by atoms with Crippen LogP contribution in [0, 0.1) is 0 Å². The molecule has 0 unspecified atom stereocenters. The van der Waals surface area contributed by atoms with Crippen molar-refractivity contribution in [2.45, 2.75) is 0 Å². The minimum atomic E-state index is -1.07. The van der Waals surface area contributed by atoms with Crippen molar-refractivity contribution in [3.05, 3.63) is 57.5 Å². The average Bonchev–Trinajstić information content (AvgIpc) is 2.40. The smallest absolute Gasteiger partial charge is 0.335 e. The summed E-state index contributed by atoms with van der Waals surface area (Å²) in [4.78, 5) is 22.8. The molecule has 21 heavy (non-hydrogen) atoms. The first kappa shape index (κ1) is 15.3. The number of hydrogen-bond donors (Lipinski definition) is 3. The molecule has 0 radical (unpaired) electrons. The third kappa shape index (κ3) is 4.47. The third-order valence-corrected chi connectivity index (χ3v) is 3.21. The molecule has 0 spiro atoms. The number of urea groups is 1. The van der Waals surface area contributed by atoms with E-state index in [1.54, 1.807) is 30.3 Å². The van der Waals surface area contributed by atoms with Gasteiger partial charge in [-0.2, -0.15) is 0 Å². The maximum atomic E-state index is 11.8. The fraction of sp³-hybridized carbons (Fsp3) is 0. The zero-order chi connectivity index (χ0) is 15.4. The van der Waals surface area contributed by atoms with Crippen LogP contribution in [-0.4, -0.2) is 17.1 Å². The number of carboxylic acids is 1. The highest BCUT2D eigenvalue weighted by Gasteiger charge is 2.08. The molecular formula is C14H10BrClN2O3. The Morgan fingerprint density at radius 2 is 1.62 bits per heavy atom. The van der Waals surface area contributed by atoms with Crippen LogP contribution >= 0.6 is 27.5 Å². The monoisotopic (exact) mass is 368 g/mol. The van der Waals surface area contributed by atoms with E-state index >= 15 is 0 Å². The van der Waals surface area contributed by atoms with Crippen LogP contribution in [0.15, 0.2) is 46.9 Å². The van der Waals surface area contributed by atoms with Crippen molar-refractivity contribution in [3.8, 4) is 0 Å². The molecule has 0 aromatic heterocycles. The summed E-state index contributed by atoms with van der Waals surface area (Å²) >= 11 is 8.95. The lowest BCUT2D eigenvalue weighted by atomic mass is 10.2. The topological polar surface area (TPSA) is 78.4 Å². The van der Waals surface area contributed by atoms with Gasteiger partial charge >= 0.3 is 12.0 Å². The van der Waals surface area contributed by atoms with Crippen molar-refractivity contribution in [3.63, 3.8) is 0 Å². The van der Waals surface area contributed by atoms with Crippen LogP contribution < -0.4 is 10.6 Å². The van der Waals surface area contributed by atoms with E-state index in [0.717, 1.165) is 0 Å². The molecule has 0 aliphatic carbocycles. The summed E-state index contributed by atoms with van der Waals surface area (Å²) in [6.45, 7) is 0. The van der Waals surface area contributed by atoms with Gasteiger partial charge in [0.25, 0.3) is 0 Å². The predicted octanol–water partition coefficient (Wildman–Crippen LogP) is 4.44. The molecule has 2 rings (SSSR count). The Bertz CT molecular complexity index is 689. The number of halogens is 2. The molecule has 2 aromatic carbocycles. The minimum absolute atomic E-state index is 0.0752. The van der Waals surface area contributed by atoms with Gasteiger partial charge in [-0.15, -0.1) is 0 Å². The zero-order valence-electron chi connectivity index (χ0n) is 10.6. The van der Waals surface area contributed by atoms with Gasteiger partial charge in [-0.1, -0.05) is 27.5 Å². The second kappa shape index (κ2) is 6.60. The number of amides is 2. The molecular weight excluding hydrogens is 360 g/mol. The SMILES string of the molecule is O=C(Nc1ccc(Cl)cc1)Nc1cc(Br)cc(C(=O)O)c1. The Kier molecular flexibility index (Phi) is 4.82. The molecule has 0 heterocycles. The van der Waals surface area contributed by atoms with Gasteiger partial charge in [-0.3, -0.25) is 0 Å². The normalized spacial score (nSPS) is 10.0. The van der Waals surface area contributed by atoms with E-state index in [9.17, 15) is 9.59 Å². The van der Waals surface area contributed by atoms with Crippen molar-refractivity contribution >= 4 is 50.9 Å². The lowest BCUT2D eigenvalue weighted by Gasteiger charge is -2.09. The van der Waals surface area contributed by atoms with E-state index in [1.165, 1.54) is 12.1 Å². The van der Waals surface area contributed by atoms with Crippen LogP contribution in [-0.2, 0) is 0 Å². The van der Waals surface area contributed by atoms with Gasteiger partial charge < -0.3 is 15.7 Å². The van der Waals surface area contributed by atoms with Crippen LogP contribution in [0.4, 0.5) is 16.2 Å². The van der Waals surface area contributed by atoms with Crippen LogP contribution in [0.2, 0.25) is 5.02 Å². The highest BCUT2D eigenvalue weighted by Crippen LogP contribution is 2.20. The molecule has 0 saturated heterocycles. The van der Waals surface area contributed by atoms with Crippen LogP contribution in [0.3, 0.4) is 0 Å². The first-order chi connectivity index (χ1) is 9.94. The zero-order valence-corrected chi connectivity index (χ0v) is 12.9. The molecule has 7 heteroatoms. The minimum Gasteiger partial charge on any atom is -0.478 e. The molecule has 0 aliphatic rings. The fourth-order valence-corrected chi connectivity index (χ4v) is 2.23. The summed E-state index contributed by atoms with van der Waals surface area (Å²) in [6.07, 6.45) is 0. The number of nitrogens with one attached hydrogen (secondary N) is 2. The Morgan fingerprint density at radius 3 is 2.24 bits per heavy atom. The highest BCUT2D eigenvalue weighted by molar-refractivity contribution is 9.10. The molecule has 5 nitrogen and oxygen atoms in total. The maximum absolute atomic E-state index is 11.8. The van der Waals surface area contributed by atoms with Crippen molar-refractivity contribution in [1.29, 1.82) is 0 Å². The molecule has 0 bridgehead atoms. The van der Waals surface area contributed by atoms with Crippen molar-refractivity contribution in [2.24, 2.45) is 0 Å². The fourth-order valence-electron chi connectivity index (χ4n) is 1.61. The lowest BCUT2D eigenvalue weighted by Crippen LogP contribution is -2.19. The maximum Gasteiger partial charge on any atom is 0.335 e. The van der Waals surface area contributed by atoms with Crippen molar-refractivity contribution in [1.82, 2.24) is 0 Å². The van der Waals surface area contributed by atoms with E-state index in [2.05, 4.69) is 26.6 Å². The summed E-state index contributed by atoms with van der Waals surface area (Å²) in [7, 11) is 0. The van der Waals surface area contributed by atoms with Gasteiger partial charge in [-0.25, -0.2) is 9.59 Å². The largest absolute Gasteiger partial charge is 0.478 e. The second-order valence-electron chi connectivity index (χ2n) is 4.12. The Morgan fingerprint density at radius 1 is 1.00 bits per heavy atom. The molecule has 0 fully saturated rings. The Balaban J connectivity index is 2.09. The van der Waals surface area contributed by atoms with Gasteiger partial charge in [-0.05, 0) is 42.5 Å². The first-order valence-corrected chi connectivity index (χ1v) is 6.98. The van der Waals surface area contributed by atoms with E-state index < -0.39 is 12.0 Å². The summed E-state index contributed by atoms with van der Waals surface area (Å²) in [6, 6.07) is 10.6. The molecule has 108 valence electrons. The third-order valence-electron chi connectivity index (χ3n) is 2.50. The first-order valence-electron chi connectivity index (χ1n) is 5.81. The van der Waals surface area contributed by atoms with Crippen LogP contribution in [0.25, 0.3) is 0 Å². The van der Waals surface area contributed by atoms with E-state index in [0.29, 0.717) is 20.9 Å². The van der Waals surface area contributed by atoms with E-state index in [4.69, 9.17) is 16.7 Å². The molecule has 3 N–H and O–H groups in total. The summed E-state index contributed by atoms with van der Waals surface area (Å²) < 4.78 is 0.559. The van der Waals surface area contributed by atoms with Crippen molar-refractivity contribution in [2.75, 3.05) is 10.6 Å². The average molecular weight is 370 g/mol. The predicted molar refractivity (Wildman–Crippen MR) is 85.2 cm³/mol. The number of rotatable bonds is 3. The number of carboxylic acid groups (broad SMARTS) is 1. The number of carbonyl (C=O) groups excluding carboxylic acids is 1. The molecule has 0 aliphatic heterocycles. The van der Waals surface area contributed by atoms with Gasteiger partial charge in [0, 0.05) is 20.9 Å². The van der Waals surface area contributed by atoms with Crippen molar-refractivity contribution < 1.29 is 14.7 Å². The summed E-state index contributed by atoms with van der Waals surface area (Å²) in [5, 5.41) is 14.7. The van der Waals surface area contributed by atoms with Gasteiger partial charge in [0.15, 0.2) is 0 Å². The Hall–Kier alpha value is -2.05. The summed E-state index contributed by atoms with van der Waals surface area (Å²) in [5.41, 5.74) is 1.02. The summed E-state index contributed by atoms with van der Waals surface area (Å²) in [5.74, 6) is -1.07. The van der Waals surface area contributed by atoms with E-state index in [1.807, 2.05) is 0 Å². The van der Waals surface area contributed by atoms with Gasteiger partial charge in [0.05, 0.1) is 5.56 Å². The van der Waals surface area contributed by atoms with E-state index in [-0.39, 0.29) is 5.56 Å². The molecule has 0 atom stereocenters. The Labute approximate surface area is 134 Å². The standard InChI is InChI=1S/C14H10BrClN2O3/c15-9-5-8(13(19)20)6-12(7-9)18-14(21)17-11-3-1-10(16)2-4-11/h1-7H,(H,19,20)(H2,17,18,21). The highest BCUT2D eigenvalue weighted by atomic mass is 79.9. The number of hydrogen-bond acceptors (Lipinski definition) is 2. The second-order valence-corrected chi connectivity index (χ2v) is 5.47.